The molecule has 0 bridgehead atoms. The number of carbonyl (C=O) groups is 1. The third-order valence-corrected chi connectivity index (χ3v) is 3.23. The zero-order chi connectivity index (χ0) is 10.6. The van der Waals surface area contributed by atoms with Crippen LogP contribution < -0.4 is 0 Å². The van der Waals surface area contributed by atoms with Crippen molar-refractivity contribution in [3.63, 3.8) is 0 Å². The maximum atomic E-state index is 10.5. The first-order valence-electron chi connectivity index (χ1n) is 5.79. The molecule has 0 unspecified atom stereocenters. The lowest BCUT2D eigenvalue weighted by Gasteiger charge is -2.28. The van der Waals surface area contributed by atoms with E-state index in [1.165, 1.54) is 19.3 Å². The topological polar surface area (TPSA) is 37.3 Å². The molecule has 2 nitrogen and oxygen atoms in total. The quantitative estimate of drug-likeness (QED) is 0.752. The van der Waals surface area contributed by atoms with Crippen molar-refractivity contribution in [1.29, 1.82) is 0 Å². The van der Waals surface area contributed by atoms with Gasteiger partial charge in [0.25, 0.3) is 0 Å². The van der Waals surface area contributed by atoms with Crippen molar-refractivity contribution >= 4 is 5.97 Å². The molecule has 1 aliphatic rings. The molecular formula is C12H22O2. The van der Waals surface area contributed by atoms with E-state index in [4.69, 9.17) is 5.11 Å². The van der Waals surface area contributed by atoms with E-state index in [-0.39, 0.29) is 0 Å². The molecule has 0 aliphatic heterocycles. The van der Waals surface area contributed by atoms with E-state index in [1.807, 2.05) is 0 Å². The van der Waals surface area contributed by atoms with Gasteiger partial charge in [0, 0.05) is 6.42 Å². The van der Waals surface area contributed by atoms with Gasteiger partial charge in [0.05, 0.1) is 0 Å². The average Bonchev–Trinajstić information content (AvgIpc) is 2.06. The molecule has 82 valence electrons. The molecule has 1 N–H and O–H groups in total. The monoisotopic (exact) mass is 198 g/mol. The second-order valence-corrected chi connectivity index (χ2v) is 5.11. The summed E-state index contributed by atoms with van der Waals surface area (Å²) in [6, 6.07) is 0. The van der Waals surface area contributed by atoms with Crippen LogP contribution in [0.2, 0.25) is 0 Å². The molecule has 0 amide bonds. The summed E-state index contributed by atoms with van der Waals surface area (Å²) in [5, 5.41) is 8.68. The maximum absolute atomic E-state index is 10.5. The molecule has 1 rings (SSSR count). The molecule has 0 spiro atoms. The highest BCUT2D eigenvalue weighted by Crippen LogP contribution is 2.33. The van der Waals surface area contributed by atoms with Crippen molar-refractivity contribution in [1.82, 2.24) is 0 Å². The molecule has 0 aromatic carbocycles. The standard InChI is InChI=1S/C12H22O2/c1-9(2)7-10-3-5-11(6-4-10)8-12(13)14/h9-11H,3-8H2,1-2H3,(H,13,14)/t10-,11-. The van der Waals surface area contributed by atoms with Crippen LogP contribution in [0.25, 0.3) is 0 Å². The molecule has 0 saturated heterocycles. The average molecular weight is 198 g/mol. The van der Waals surface area contributed by atoms with Crippen molar-refractivity contribution in [2.75, 3.05) is 0 Å². The van der Waals surface area contributed by atoms with Crippen molar-refractivity contribution < 1.29 is 9.90 Å². The van der Waals surface area contributed by atoms with Gasteiger partial charge in [0.15, 0.2) is 0 Å². The normalized spacial score (nSPS) is 27.9. The lowest BCUT2D eigenvalue weighted by Crippen LogP contribution is -2.18. The minimum Gasteiger partial charge on any atom is -0.481 e. The summed E-state index contributed by atoms with van der Waals surface area (Å²) in [5.41, 5.74) is 0. The fourth-order valence-electron chi connectivity index (χ4n) is 2.58. The Morgan fingerprint density at radius 2 is 1.71 bits per heavy atom. The molecule has 1 saturated carbocycles. The minimum absolute atomic E-state index is 0.383. The Hall–Kier alpha value is -0.530. The zero-order valence-corrected chi connectivity index (χ0v) is 9.33. The van der Waals surface area contributed by atoms with Crippen LogP contribution in [0, 0.1) is 17.8 Å². The van der Waals surface area contributed by atoms with Crippen LogP contribution in [0.4, 0.5) is 0 Å². The number of rotatable bonds is 4. The third kappa shape index (κ3) is 4.12. The zero-order valence-electron chi connectivity index (χ0n) is 9.33. The summed E-state index contributed by atoms with van der Waals surface area (Å²) in [7, 11) is 0. The van der Waals surface area contributed by atoms with E-state index in [2.05, 4.69) is 13.8 Å². The van der Waals surface area contributed by atoms with Crippen molar-refractivity contribution in [3.8, 4) is 0 Å². The lowest BCUT2D eigenvalue weighted by molar-refractivity contribution is -0.138. The highest BCUT2D eigenvalue weighted by Gasteiger charge is 2.23. The molecule has 0 heterocycles. The Morgan fingerprint density at radius 1 is 1.21 bits per heavy atom. The van der Waals surface area contributed by atoms with Crippen molar-refractivity contribution in [2.45, 2.75) is 52.4 Å². The van der Waals surface area contributed by atoms with E-state index in [0.717, 1.165) is 24.7 Å². The first kappa shape index (κ1) is 11.5. The SMILES string of the molecule is CC(C)C[C@H]1CC[C@H](CC(=O)O)CC1. The minimum atomic E-state index is -0.627. The smallest absolute Gasteiger partial charge is 0.303 e. The van der Waals surface area contributed by atoms with E-state index in [1.54, 1.807) is 0 Å². The molecular weight excluding hydrogens is 176 g/mol. The van der Waals surface area contributed by atoms with E-state index < -0.39 is 5.97 Å². The highest BCUT2D eigenvalue weighted by atomic mass is 16.4. The van der Waals surface area contributed by atoms with Gasteiger partial charge in [0.1, 0.15) is 0 Å². The van der Waals surface area contributed by atoms with Crippen LogP contribution in [0.1, 0.15) is 52.4 Å². The van der Waals surface area contributed by atoms with Crippen molar-refractivity contribution in [3.05, 3.63) is 0 Å². The van der Waals surface area contributed by atoms with Gasteiger partial charge in [0.2, 0.25) is 0 Å². The summed E-state index contributed by atoms with van der Waals surface area (Å²) in [4.78, 5) is 10.5. The van der Waals surface area contributed by atoms with Crippen molar-refractivity contribution in [2.24, 2.45) is 17.8 Å². The first-order valence-corrected chi connectivity index (χ1v) is 5.79. The van der Waals surface area contributed by atoms with E-state index in [0.29, 0.717) is 12.3 Å². The number of carboxylic acid groups (broad SMARTS) is 1. The van der Waals surface area contributed by atoms with Gasteiger partial charge < -0.3 is 5.11 Å². The van der Waals surface area contributed by atoms with Crippen LogP contribution in [-0.2, 0) is 4.79 Å². The number of hydrogen-bond acceptors (Lipinski definition) is 1. The van der Waals surface area contributed by atoms with Gasteiger partial charge in [-0.2, -0.15) is 0 Å². The Bertz CT molecular complexity index is 179. The second-order valence-electron chi connectivity index (χ2n) is 5.11. The maximum Gasteiger partial charge on any atom is 0.303 e. The van der Waals surface area contributed by atoms with Gasteiger partial charge in [-0.1, -0.05) is 26.7 Å². The van der Waals surface area contributed by atoms with E-state index in [9.17, 15) is 4.79 Å². The molecule has 0 aromatic rings. The number of aliphatic carboxylic acids is 1. The van der Waals surface area contributed by atoms with E-state index >= 15 is 0 Å². The molecule has 0 atom stereocenters. The Labute approximate surface area is 86.7 Å². The molecule has 0 aromatic heterocycles. The third-order valence-electron chi connectivity index (χ3n) is 3.23. The van der Waals surface area contributed by atoms with Crippen LogP contribution in [0.3, 0.4) is 0 Å². The van der Waals surface area contributed by atoms with Gasteiger partial charge in [-0.25, -0.2) is 0 Å². The van der Waals surface area contributed by atoms with Gasteiger partial charge in [-0.05, 0) is 37.0 Å². The molecule has 2 heteroatoms. The second kappa shape index (κ2) is 5.38. The predicted molar refractivity (Wildman–Crippen MR) is 57.2 cm³/mol. The van der Waals surface area contributed by atoms with Crippen LogP contribution in [0.15, 0.2) is 0 Å². The van der Waals surface area contributed by atoms with Crippen LogP contribution in [-0.4, -0.2) is 11.1 Å². The molecule has 0 radical (unpaired) electrons. The molecule has 1 aliphatic carbocycles. The summed E-state index contributed by atoms with van der Waals surface area (Å²) in [6.45, 7) is 4.53. The fraction of sp³-hybridized carbons (Fsp3) is 0.917. The largest absolute Gasteiger partial charge is 0.481 e. The fourth-order valence-corrected chi connectivity index (χ4v) is 2.58. The summed E-state index contributed by atoms with van der Waals surface area (Å²) < 4.78 is 0. The summed E-state index contributed by atoms with van der Waals surface area (Å²) in [5.74, 6) is 1.48. The van der Waals surface area contributed by atoms with Gasteiger partial charge in [-0.15, -0.1) is 0 Å². The molecule has 14 heavy (non-hydrogen) atoms. The summed E-state index contributed by atoms with van der Waals surface area (Å²) in [6.07, 6.45) is 6.45. The summed E-state index contributed by atoms with van der Waals surface area (Å²) >= 11 is 0. The van der Waals surface area contributed by atoms with Crippen LogP contribution in [0.5, 0.6) is 0 Å². The predicted octanol–water partition coefficient (Wildman–Crippen LogP) is 3.31. The number of carboxylic acids is 1. The lowest BCUT2D eigenvalue weighted by atomic mass is 9.77. The molecule has 1 fully saturated rings. The van der Waals surface area contributed by atoms with Gasteiger partial charge in [-0.3, -0.25) is 4.79 Å². The highest BCUT2D eigenvalue weighted by molar-refractivity contribution is 5.67. The Kier molecular flexibility index (Phi) is 4.43. The van der Waals surface area contributed by atoms with Crippen LogP contribution >= 0.6 is 0 Å². The van der Waals surface area contributed by atoms with Gasteiger partial charge >= 0.3 is 5.97 Å². The Morgan fingerprint density at radius 3 is 2.14 bits per heavy atom. The number of hydrogen-bond donors (Lipinski definition) is 1. The first-order chi connectivity index (χ1) is 6.58. The Balaban J connectivity index is 2.21.